The second kappa shape index (κ2) is 6.55. The minimum atomic E-state index is -0.441. The highest BCUT2D eigenvalue weighted by Crippen LogP contribution is 2.32. The van der Waals surface area contributed by atoms with Crippen molar-refractivity contribution in [3.63, 3.8) is 0 Å². The monoisotopic (exact) mass is 276 g/mol. The van der Waals surface area contributed by atoms with Gasteiger partial charge in [-0.25, -0.2) is 0 Å². The van der Waals surface area contributed by atoms with Gasteiger partial charge in [-0.15, -0.1) is 0 Å². The van der Waals surface area contributed by atoms with Crippen LogP contribution in [0.15, 0.2) is 24.3 Å². The van der Waals surface area contributed by atoms with Crippen LogP contribution >= 0.6 is 0 Å². The van der Waals surface area contributed by atoms with Crippen LogP contribution in [0.3, 0.4) is 0 Å². The molecule has 0 saturated heterocycles. The van der Waals surface area contributed by atoms with Gasteiger partial charge in [0.25, 0.3) is 0 Å². The third kappa shape index (κ3) is 3.00. The SMILES string of the molecule is CCOC(=O)[C@H]1Cc2ccccc2C[C@@H]1C(=O)OCC. The van der Waals surface area contributed by atoms with Gasteiger partial charge in [0.1, 0.15) is 0 Å². The largest absolute Gasteiger partial charge is 0.466 e. The average molecular weight is 276 g/mol. The molecule has 2 atom stereocenters. The lowest BCUT2D eigenvalue weighted by Crippen LogP contribution is -2.38. The zero-order chi connectivity index (χ0) is 14.5. The Balaban J connectivity index is 2.26. The van der Waals surface area contributed by atoms with Crippen molar-refractivity contribution in [1.29, 1.82) is 0 Å². The van der Waals surface area contributed by atoms with Crippen LogP contribution in [-0.2, 0) is 31.9 Å². The van der Waals surface area contributed by atoms with Crippen molar-refractivity contribution in [2.24, 2.45) is 11.8 Å². The van der Waals surface area contributed by atoms with Crippen LogP contribution in [0.5, 0.6) is 0 Å². The number of esters is 2. The molecule has 0 radical (unpaired) electrons. The van der Waals surface area contributed by atoms with E-state index in [9.17, 15) is 9.59 Å². The fourth-order valence-electron chi connectivity index (χ4n) is 2.71. The van der Waals surface area contributed by atoms with Gasteiger partial charge in [-0.05, 0) is 37.8 Å². The molecule has 0 aliphatic heterocycles. The summed E-state index contributed by atoms with van der Waals surface area (Å²) >= 11 is 0. The molecule has 4 heteroatoms. The molecule has 1 aliphatic rings. The summed E-state index contributed by atoms with van der Waals surface area (Å²) in [6.07, 6.45) is 1.08. The zero-order valence-electron chi connectivity index (χ0n) is 11.9. The van der Waals surface area contributed by atoms with Gasteiger partial charge < -0.3 is 9.47 Å². The topological polar surface area (TPSA) is 52.6 Å². The lowest BCUT2D eigenvalue weighted by molar-refractivity contribution is -0.160. The molecule has 0 N–H and O–H groups in total. The van der Waals surface area contributed by atoms with E-state index in [1.165, 1.54) is 0 Å². The van der Waals surface area contributed by atoms with Crippen molar-refractivity contribution in [3.8, 4) is 0 Å². The number of hydrogen-bond acceptors (Lipinski definition) is 4. The van der Waals surface area contributed by atoms with Crippen LogP contribution in [-0.4, -0.2) is 25.2 Å². The summed E-state index contributed by atoms with van der Waals surface area (Å²) in [7, 11) is 0. The molecule has 2 rings (SSSR count). The minimum absolute atomic E-state index is 0.306. The van der Waals surface area contributed by atoms with E-state index in [4.69, 9.17) is 9.47 Å². The molecule has 0 aromatic heterocycles. The van der Waals surface area contributed by atoms with Gasteiger partial charge in [-0.2, -0.15) is 0 Å². The van der Waals surface area contributed by atoms with Crippen LogP contribution in [0.25, 0.3) is 0 Å². The summed E-state index contributed by atoms with van der Waals surface area (Å²) in [4.78, 5) is 24.2. The first kappa shape index (κ1) is 14.6. The van der Waals surface area contributed by atoms with Gasteiger partial charge >= 0.3 is 11.9 Å². The number of benzene rings is 1. The molecule has 4 nitrogen and oxygen atoms in total. The Hall–Kier alpha value is -1.84. The molecule has 1 aromatic carbocycles. The highest BCUT2D eigenvalue weighted by molar-refractivity contribution is 5.83. The van der Waals surface area contributed by atoms with Crippen molar-refractivity contribution in [3.05, 3.63) is 35.4 Å². The van der Waals surface area contributed by atoms with Gasteiger partial charge in [-0.3, -0.25) is 9.59 Å². The highest BCUT2D eigenvalue weighted by atomic mass is 16.5. The van der Waals surface area contributed by atoms with Gasteiger partial charge in [0.05, 0.1) is 25.0 Å². The second-order valence-corrected chi connectivity index (χ2v) is 4.89. The number of carbonyl (C=O) groups excluding carboxylic acids is 2. The molecule has 108 valence electrons. The van der Waals surface area contributed by atoms with E-state index in [-0.39, 0.29) is 11.9 Å². The molecule has 0 bridgehead atoms. The first-order valence-corrected chi connectivity index (χ1v) is 7.07. The Labute approximate surface area is 119 Å². The van der Waals surface area contributed by atoms with Crippen molar-refractivity contribution < 1.29 is 19.1 Å². The number of ether oxygens (including phenoxy) is 2. The summed E-state index contributed by atoms with van der Waals surface area (Å²) in [6, 6.07) is 7.91. The maximum Gasteiger partial charge on any atom is 0.310 e. The molecule has 0 amide bonds. The summed E-state index contributed by atoms with van der Waals surface area (Å²) in [5, 5.41) is 0. The molecule has 0 unspecified atom stereocenters. The Bertz CT molecular complexity index is 450. The van der Waals surface area contributed by atoms with Gasteiger partial charge in [0.15, 0.2) is 0 Å². The van der Waals surface area contributed by atoms with Crippen LogP contribution < -0.4 is 0 Å². The summed E-state index contributed by atoms with van der Waals surface area (Å²) in [6.45, 7) is 4.20. The third-order valence-electron chi connectivity index (χ3n) is 3.66. The van der Waals surface area contributed by atoms with Crippen LogP contribution in [0, 0.1) is 11.8 Å². The molecular formula is C16H20O4. The number of carbonyl (C=O) groups is 2. The zero-order valence-corrected chi connectivity index (χ0v) is 11.9. The smallest absolute Gasteiger partial charge is 0.310 e. The number of fused-ring (bicyclic) bond motifs is 1. The van der Waals surface area contributed by atoms with E-state index in [0.717, 1.165) is 11.1 Å². The van der Waals surface area contributed by atoms with Gasteiger partial charge in [-0.1, -0.05) is 24.3 Å². The Morgan fingerprint density at radius 2 is 1.35 bits per heavy atom. The molecule has 0 saturated carbocycles. The molecule has 0 heterocycles. The fraction of sp³-hybridized carbons (Fsp3) is 0.500. The molecule has 20 heavy (non-hydrogen) atoms. The predicted molar refractivity (Wildman–Crippen MR) is 74.1 cm³/mol. The third-order valence-corrected chi connectivity index (χ3v) is 3.66. The van der Waals surface area contributed by atoms with Crippen molar-refractivity contribution in [2.75, 3.05) is 13.2 Å². The summed E-state index contributed by atoms with van der Waals surface area (Å²) < 4.78 is 10.2. The van der Waals surface area contributed by atoms with E-state index in [1.54, 1.807) is 13.8 Å². The van der Waals surface area contributed by atoms with E-state index < -0.39 is 11.8 Å². The molecule has 0 fully saturated rings. The molecular weight excluding hydrogens is 256 g/mol. The van der Waals surface area contributed by atoms with Gasteiger partial charge in [0, 0.05) is 0 Å². The normalized spacial score (nSPS) is 20.9. The van der Waals surface area contributed by atoms with Crippen LogP contribution in [0.2, 0.25) is 0 Å². The lowest BCUT2D eigenvalue weighted by Gasteiger charge is -2.30. The number of rotatable bonds is 4. The maximum absolute atomic E-state index is 12.1. The molecule has 1 aliphatic carbocycles. The Kier molecular flexibility index (Phi) is 4.77. The fourth-order valence-corrected chi connectivity index (χ4v) is 2.71. The highest BCUT2D eigenvalue weighted by Gasteiger charge is 2.39. The van der Waals surface area contributed by atoms with E-state index in [2.05, 4.69) is 0 Å². The first-order valence-electron chi connectivity index (χ1n) is 7.07. The standard InChI is InChI=1S/C16H20O4/c1-3-19-15(17)13-9-11-7-5-6-8-12(11)10-14(13)16(18)20-4-2/h5-8,13-14H,3-4,9-10H2,1-2H3/t13-,14-/m0/s1. The van der Waals surface area contributed by atoms with E-state index >= 15 is 0 Å². The second-order valence-electron chi connectivity index (χ2n) is 4.89. The number of hydrogen-bond donors (Lipinski definition) is 0. The van der Waals surface area contributed by atoms with Crippen LogP contribution in [0.4, 0.5) is 0 Å². The quantitative estimate of drug-likeness (QED) is 0.791. The summed E-state index contributed by atoms with van der Waals surface area (Å²) in [5.41, 5.74) is 2.23. The lowest BCUT2D eigenvalue weighted by atomic mass is 9.76. The average Bonchev–Trinajstić information content (AvgIpc) is 2.46. The van der Waals surface area contributed by atoms with Crippen molar-refractivity contribution in [2.45, 2.75) is 26.7 Å². The first-order chi connectivity index (χ1) is 9.67. The molecule has 0 spiro atoms. The van der Waals surface area contributed by atoms with Crippen molar-refractivity contribution >= 4 is 11.9 Å². The molecule has 1 aromatic rings. The van der Waals surface area contributed by atoms with Crippen LogP contribution in [0.1, 0.15) is 25.0 Å². The van der Waals surface area contributed by atoms with Gasteiger partial charge in [0.2, 0.25) is 0 Å². The van der Waals surface area contributed by atoms with E-state index in [0.29, 0.717) is 26.1 Å². The minimum Gasteiger partial charge on any atom is -0.466 e. The maximum atomic E-state index is 12.1. The predicted octanol–water partition coefficient (Wildman–Crippen LogP) is 2.14. The Morgan fingerprint density at radius 1 is 0.950 bits per heavy atom. The van der Waals surface area contributed by atoms with E-state index in [1.807, 2.05) is 24.3 Å². The summed E-state index contributed by atoms with van der Waals surface area (Å²) in [5.74, 6) is -1.49. The Morgan fingerprint density at radius 3 is 1.70 bits per heavy atom. The van der Waals surface area contributed by atoms with Crippen molar-refractivity contribution in [1.82, 2.24) is 0 Å².